The highest BCUT2D eigenvalue weighted by Gasteiger charge is 2.26. The maximum atomic E-state index is 12.5. The number of nitrogens with one attached hydrogen (secondary N) is 1. The van der Waals surface area contributed by atoms with Crippen molar-refractivity contribution in [1.82, 2.24) is 20.4 Å². The van der Waals surface area contributed by atoms with Crippen LogP contribution in [-0.2, 0) is 16.0 Å². The number of nitrogens with zero attached hydrogens (tertiary/aromatic N) is 3. The summed E-state index contributed by atoms with van der Waals surface area (Å²) >= 11 is 6.06. The largest absolute Gasteiger partial charge is 0.464 e. The average Bonchev–Trinajstić information content (AvgIpc) is 3.24. The molecule has 0 aliphatic rings. The Kier molecular flexibility index (Phi) is 7.72. The Labute approximate surface area is 185 Å². The van der Waals surface area contributed by atoms with E-state index in [1.54, 1.807) is 42.7 Å². The quantitative estimate of drug-likeness (QED) is 0.397. The van der Waals surface area contributed by atoms with Crippen molar-refractivity contribution in [3.63, 3.8) is 0 Å². The summed E-state index contributed by atoms with van der Waals surface area (Å²) in [4.78, 5) is 33.3. The fraction of sp³-hybridized carbons (Fsp3) is 0.318. The van der Waals surface area contributed by atoms with Crippen LogP contribution in [0, 0.1) is 5.92 Å². The third kappa shape index (κ3) is 6.11. The Balaban J connectivity index is 1.49. The van der Waals surface area contributed by atoms with Gasteiger partial charge in [-0.3, -0.25) is 9.78 Å². The molecule has 0 unspecified atom stereocenters. The minimum absolute atomic E-state index is 0.156. The summed E-state index contributed by atoms with van der Waals surface area (Å²) in [7, 11) is 0. The van der Waals surface area contributed by atoms with Gasteiger partial charge in [0.2, 0.25) is 11.7 Å². The van der Waals surface area contributed by atoms with E-state index in [4.69, 9.17) is 20.9 Å². The third-order valence-electron chi connectivity index (χ3n) is 4.49. The van der Waals surface area contributed by atoms with Crippen LogP contribution in [0.25, 0.3) is 11.4 Å². The number of rotatable bonds is 9. The summed E-state index contributed by atoms with van der Waals surface area (Å²) in [6.07, 6.45) is 4.28. The van der Waals surface area contributed by atoms with E-state index in [2.05, 4.69) is 20.4 Å². The zero-order chi connectivity index (χ0) is 22.2. The molecular formula is C22H23ClN4O4. The van der Waals surface area contributed by atoms with Gasteiger partial charge in [-0.2, -0.15) is 4.98 Å². The van der Waals surface area contributed by atoms with Crippen LogP contribution in [0.15, 0.2) is 53.3 Å². The standard InChI is InChI=1S/C22H23ClN4O4/c1-14(2)19(26-21(28)16-8-3-4-9-17(16)23)22(29)30-12-6-10-18-25-20(27-31-18)15-7-5-11-24-13-15/h3-5,7-9,11,13-14,19H,6,10,12H2,1-2H3,(H,26,28)/t19-/m0/s1. The van der Waals surface area contributed by atoms with Crippen molar-refractivity contribution < 1.29 is 18.8 Å². The molecule has 162 valence electrons. The van der Waals surface area contributed by atoms with E-state index in [0.717, 1.165) is 5.56 Å². The fourth-order valence-corrected chi connectivity index (χ4v) is 3.04. The van der Waals surface area contributed by atoms with E-state index in [9.17, 15) is 9.59 Å². The summed E-state index contributed by atoms with van der Waals surface area (Å²) in [5, 5.41) is 6.96. The highest BCUT2D eigenvalue weighted by Crippen LogP contribution is 2.16. The number of halogens is 1. The van der Waals surface area contributed by atoms with E-state index in [1.807, 2.05) is 19.9 Å². The summed E-state index contributed by atoms with van der Waals surface area (Å²) in [5.41, 5.74) is 1.07. The van der Waals surface area contributed by atoms with Gasteiger partial charge in [-0.25, -0.2) is 4.79 Å². The zero-order valence-corrected chi connectivity index (χ0v) is 18.0. The van der Waals surface area contributed by atoms with Gasteiger partial charge in [0.1, 0.15) is 6.04 Å². The van der Waals surface area contributed by atoms with E-state index in [0.29, 0.717) is 35.1 Å². The third-order valence-corrected chi connectivity index (χ3v) is 4.82. The molecule has 8 nitrogen and oxygen atoms in total. The van der Waals surface area contributed by atoms with Gasteiger partial charge in [0, 0.05) is 24.4 Å². The summed E-state index contributed by atoms with van der Waals surface area (Å²) in [6, 6.07) is 9.51. The van der Waals surface area contributed by atoms with Gasteiger partial charge in [0.25, 0.3) is 5.91 Å². The van der Waals surface area contributed by atoms with Crippen LogP contribution in [0.2, 0.25) is 5.02 Å². The topological polar surface area (TPSA) is 107 Å². The van der Waals surface area contributed by atoms with Gasteiger partial charge < -0.3 is 14.6 Å². The predicted octanol–water partition coefficient (Wildman–Crippen LogP) is 3.72. The van der Waals surface area contributed by atoms with E-state index >= 15 is 0 Å². The number of carbonyl (C=O) groups excluding carboxylic acids is 2. The number of amides is 1. The number of carbonyl (C=O) groups is 2. The normalized spacial score (nSPS) is 11.9. The second-order valence-corrected chi connectivity index (χ2v) is 7.61. The Bertz CT molecular complexity index is 1020. The number of aromatic nitrogens is 3. The number of pyridine rings is 1. The molecule has 0 radical (unpaired) electrons. The van der Waals surface area contributed by atoms with Crippen LogP contribution in [0.5, 0.6) is 0 Å². The molecule has 0 spiro atoms. The first-order valence-corrected chi connectivity index (χ1v) is 10.3. The molecule has 3 rings (SSSR count). The van der Waals surface area contributed by atoms with Gasteiger partial charge in [-0.1, -0.05) is 42.7 Å². The summed E-state index contributed by atoms with van der Waals surface area (Å²) < 4.78 is 10.6. The van der Waals surface area contributed by atoms with Crippen molar-refractivity contribution >= 4 is 23.5 Å². The lowest BCUT2D eigenvalue weighted by molar-refractivity contribution is -0.147. The average molecular weight is 443 g/mol. The molecule has 1 atom stereocenters. The van der Waals surface area contributed by atoms with E-state index < -0.39 is 17.9 Å². The summed E-state index contributed by atoms with van der Waals surface area (Å²) in [6.45, 7) is 3.82. The van der Waals surface area contributed by atoms with Gasteiger partial charge >= 0.3 is 5.97 Å². The van der Waals surface area contributed by atoms with Gasteiger partial charge in [0.05, 0.1) is 17.2 Å². The number of ether oxygens (including phenoxy) is 1. The fourth-order valence-electron chi connectivity index (χ4n) is 2.82. The molecule has 3 aromatic rings. The van der Waals surface area contributed by atoms with E-state index in [1.165, 1.54) is 0 Å². The lowest BCUT2D eigenvalue weighted by Gasteiger charge is -2.21. The SMILES string of the molecule is CC(C)[C@H](NC(=O)c1ccccc1Cl)C(=O)OCCCc1nc(-c2cccnc2)no1. The van der Waals surface area contributed by atoms with Crippen molar-refractivity contribution in [2.24, 2.45) is 5.92 Å². The number of hydrogen-bond donors (Lipinski definition) is 1. The van der Waals surface area contributed by atoms with Crippen LogP contribution in [0.3, 0.4) is 0 Å². The molecule has 0 saturated heterocycles. The van der Waals surface area contributed by atoms with Crippen molar-refractivity contribution in [2.75, 3.05) is 6.61 Å². The van der Waals surface area contributed by atoms with Crippen LogP contribution in [0.1, 0.15) is 36.5 Å². The first kappa shape index (κ1) is 22.4. The maximum Gasteiger partial charge on any atom is 0.328 e. The molecular weight excluding hydrogens is 420 g/mol. The van der Waals surface area contributed by atoms with Gasteiger partial charge in [0.15, 0.2) is 0 Å². The molecule has 2 aromatic heterocycles. The van der Waals surface area contributed by atoms with Crippen LogP contribution in [0.4, 0.5) is 0 Å². The van der Waals surface area contributed by atoms with Crippen LogP contribution in [-0.4, -0.2) is 39.6 Å². The minimum atomic E-state index is -0.788. The Morgan fingerprint density at radius 2 is 2.00 bits per heavy atom. The van der Waals surface area contributed by atoms with Crippen molar-refractivity contribution in [3.05, 3.63) is 65.3 Å². The highest BCUT2D eigenvalue weighted by molar-refractivity contribution is 6.33. The summed E-state index contributed by atoms with van der Waals surface area (Å²) in [5.74, 6) is -0.173. The molecule has 0 aliphatic heterocycles. The monoisotopic (exact) mass is 442 g/mol. The second-order valence-electron chi connectivity index (χ2n) is 7.20. The van der Waals surface area contributed by atoms with Gasteiger partial charge in [-0.15, -0.1) is 0 Å². The first-order chi connectivity index (χ1) is 15.0. The molecule has 0 saturated carbocycles. The van der Waals surface area contributed by atoms with E-state index in [-0.39, 0.29) is 12.5 Å². The van der Waals surface area contributed by atoms with Crippen LogP contribution >= 0.6 is 11.6 Å². The van der Waals surface area contributed by atoms with Gasteiger partial charge in [-0.05, 0) is 36.6 Å². The smallest absolute Gasteiger partial charge is 0.328 e. The number of hydrogen-bond acceptors (Lipinski definition) is 7. The molecule has 2 heterocycles. The minimum Gasteiger partial charge on any atom is -0.464 e. The van der Waals surface area contributed by atoms with Crippen molar-refractivity contribution in [1.29, 1.82) is 0 Å². The molecule has 1 aromatic carbocycles. The second kappa shape index (κ2) is 10.7. The predicted molar refractivity (Wildman–Crippen MR) is 114 cm³/mol. The molecule has 1 N–H and O–H groups in total. The highest BCUT2D eigenvalue weighted by atomic mass is 35.5. The molecule has 0 bridgehead atoms. The molecule has 9 heteroatoms. The maximum absolute atomic E-state index is 12.5. The molecule has 0 fully saturated rings. The zero-order valence-electron chi connectivity index (χ0n) is 17.2. The molecule has 31 heavy (non-hydrogen) atoms. The number of benzene rings is 1. The molecule has 0 aliphatic carbocycles. The number of esters is 1. The van der Waals surface area contributed by atoms with Crippen LogP contribution < -0.4 is 5.32 Å². The van der Waals surface area contributed by atoms with Crippen molar-refractivity contribution in [2.45, 2.75) is 32.7 Å². The Hall–Kier alpha value is -3.26. The molecule has 1 amide bonds. The first-order valence-electron chi connectivity index (χ1n) is 9.90. The lowest BCUT2D eigenvalue weighted by Crippen LogP contribution is -2.45. The Morgan fingerprint density at radius 3 is 2.71 bits per heavy atom. The Morgan fingerprint density at radius 1 is 1.19 bits per heavy atom. The van der Waals surface area contributed by atoms with Crippen molar-refractivity contribution in [3.8, 4) is 11.4 Å². The number of aryl methyl sites for hydroxylation is 1. The lowest BCUT2D eigenvalue weighted by atomic mass is 10.0.